The van der Waals surface area contributed by atoms with Gasteiger partial charge in [0.15, 0.2) is 11.5 Å². The van der Waals surface area contributed by atoms with Crippen molar-refractivity contribution >= 4 is 28.3 Å². The molecule has 0 saturated carbocycles. The molecule has 0 bridgehead atoms. The normalized spacial score (nSPS) is 17.1. The molecular formula is C14H20BrClF2N2O2. The van der Waals surface area contributed by atoms with Gasteiger partial charge in [-0.25, -0.2) is 8.78 Å². The predicted octanol–water partition coefficient (Wildman–Crippen LogP) is 3.19. The highest BCUT2D eigenvalue weighted by molar-refractivity contribution is 9.10. The number of rotatable bonds is 5. The smallest absolute Gasteiger partial charge is 0.240 e. The number of methoxy groups -OCH3 is 1. The minimum atomic E-state index is -2.39. The van der Waals surface area contributed by atoms with Gasteiger partial charge in [0.25, 0.3) is 0 Å². The maximum absolute atomic E-state index is 13.0. The van der Waals surface area contributed by atoms with Crippen LogP contribution in [0.3, 0.4) is 0 Å². The van der Waals surface area contributed by atoms with Crippen LogP contribution >= 0.6 is 28.3 Å². The Hall–Kier alpha value is -0.630. The molecule has 22 heavy (non-hydrogen) atoms. The standard InChI is InChI=1S/C14H19BrF2N2O2.ClH/c1-21-12-7-9(6-10(15)14(12)20)11(8-13(16)17)19-4-2-18-3-5-19;/h6-7,11,13,18,20H,2-5,8H2,1H3;1H/t11-;/m1./s1. The summed E-state index contributed by atoms with van der Waals surface area (Å²) in [6, 6.07) is 2.93. The van der Waals surface area contributed by atoms with Gasteiger partial charge in [-0.1, -0.05) is 0 Å². The van der Waals surface area contributed by atoms with Gasteiger partial charge < -0.3 is 15.2 Å². The van der Waals surface area contributed by atoms with Crippen molar-refractivity contribution < 1.29 is 18.6 Å². The molecule has 1 fully saturated rings. The molecule has 0 radical (unpaired) electrons. The lowest BCUT2D eigenvalue weighted by Crippen LogP contribution is -2.45. The molecular weight excluding hydrogens is 382 g/mol. The van der Waals surface area contributed by atoms with Gasteiger partial charge in [0.2, 0.25) is 6.43 Å². The van der Waals surface area contributed by atoms with Crippen molar-refractivity contribution in [2.45, 2.75) is 18.9 Å². The summed E-state index contributed by atoms with van der Waals surface area (Å²) in [5.41, 5.74) is 0.721. The molecule has 1 heterocycles. The first-order valence-electron chi connectivity index (χ1n) is 6.82. The van der Waals surface area contributed by atoms with Gasteiger partial charge in [0, 0.05) is 38.6 Å². The van der Waals surface area contributed by atoms with E-state index in [9.17, 15) is 13.9 Å². The Kier molecular flexibility index (Phi) is 7.82. The number of phenolic OH excluding ortho intramolecular Hbond substituents is 1. The first-order valence-corrected chi connectivity index (χ1v) is 7.61. The number of halogens is 4. The molecule has 8 heteroatoms. The van der Waals surface area contributed by atoms with E-state index in [0.29, 0.717) is 4.47 Å². The highest BCUT2D eigenvalue weighted by Gasteiger charge is 2.27. The number of nitrogens with zero attached hydrogens (tertiary/aromatic N) is 1. The number of piperazine rings is 1. The second kappa shape index (κ2) is 8.86. The lowest BCUT2D eigenvalue weighted by molar-refractivity contribution is 0.0738. The van der Waals surface area contributed by atoms with Crippen LogP contribution in [0.4, 0.5) is 8.78 Å². The van der Waals surface area contributed by atoms with Crippen LogP contribution in [-0.2, 0) is 0 Å². The third-order valence-electron chi connectivity index (χ3n) is 3.65. The fraction of sp³-hybridized carbons (Fsp3) is 0.571. The van der Waals surface area contributed by atoms with Gasteiger partial charge in [0.05, 0.1) is 11.6 Å². The van der Waals surface area contributed by atoms with E-state index in [4.69, 9.17) is 4.74 Å². The van der Waals surface area contributed by atoms with Crippen LogP contribution in [0.1, 0.15) is 18.0 Å². The number of alkyl halides is 2. The number of benzene rings is 1. The highest BCUT2D eigenvalue weighted by Crippen LogP contribution is 2.39. The molecule has 0 amide bonds. The highest BCUT2D eigenvalue weighted by atomic mass is 79.9. The van der Waals surface area contributed by atoms with E-state index in [1.807, 2.05) is 4.90 Å². The number of aromatic hydroxyl groups is 1. The number of phenols is 1. The Morgan fingerprint density at radius 2 is 2.00 bits per heavy atom. The van der Waals surface area contributed by atoms with Crippen molar-refractivity contribution in [1.29, 1.82) is 0 Å². The summed E-state index contributed by atoms with van der Waals surface area (Å²) in [7, 11) is 1.44. The second-order valence-electron chi connectivity index (χ2n) is 4.98. The maximum atomic E-state index is 13.0. The van der Waals surface area contributed by atoms with E-state index in [-0.39, 0.29) is 30.3 Å². The molecule has 0 unspecified atom stereocenters. The lowest BCUT2D eigenvalue weighted by atomic mass is 10.0. The quantitative estimate of drug-likeness (QED) is 0.795. The van der Waals surface area contributed by atoms with Gasteiger partial charge in [-0.3, -0.25) is 4.90 Å². The van der Waals surface area contributed by atoms with Crippen LogP contribution in [0.2, 0.25) is 0 Å². The largest absolute Gasteiger partial charge is 0.503 e. The first kappa shape index (κ1) is 19.4. The summed E-state index contributed by atoms with van der Waals surface area (Å²) in [6.07, 6.45) is -2.62. The van der Waals surface area contributed by atoms with Crippen LogP contribution in [-0.4, -0.2) is 49.7 Å². The van der Waals surface area contributed by atoms with E-state index in [1.54, 1.807) is 12.1 Å². The molecule has 0 spiro atoms. The van der Waals surface area contributed by atoms with Gasteiger partial charge >= 0.3 is 0 Å². The van der Waals surface area contributed by atoms with E-state index in [0.717, 1.165) is 31.7 Å². The van der Waals surface area contributed by atoms with E-state index < -0.39 is 12.5 Å². The van der Waals surface area contributed by atoms with E-state index in [2.05, 4.69) is 21.2 Å². The molecule has 4 nitrogen and oxygen atoms in total. The Balaban J connectivity index is 0.00000242. The fourth-order valence-electron chi connectivity index (χ4n) is 2.60. The summed E-state index contributed by atoms with van der Waals surface area (Å²) < 4.78 is 31.5. The van der Waals surface area contributed by atoms with Gasteiger partial charge in [-0.2, -0.15) is 0 Å². The minimum absolute atomic E-state index is 0. The zero-order chi connectivity index (χ0) is 15.4. The molecule has 1 atom stereocenters. The topological polar surface area (TPSA) is 44.7 Å². The monoisotopic (exact) mass is 400 g/mol. The third kappa shape index (κ3) is 4.68. The van der Waals surface area contributed by atoms with Gasteiger partial charge in [0.1, 0.15) is 0 Å². The zero-order valence-corrected chi connectivity index (χ0v) is 14.6. The molecule has 1 saturated heterocycles. The van der Waals surface area contributed by atoms with Crippen LogP contribution in [0.5, 0.6) is 11.5 Å². The molecule has 1 aliphatic heterocycles. The van der Waals surface area contributed by atoms with Crippen molar-refractivity contribution in [3.63, 3.8) is 0 Å². The van der Waals surface area contributed by atoms with Crippen molar-refractivity contribution in [1.82, 2.24) is 10.2 Å². The van der Waals surface area contributed by atoms with Crippen LogP contribution in [0.25, 0.3) is 0 Å². The van der Waals surface area contributed by atoms with Crippen LogP contribution in [0, 0.1) is 0 Å². The second-order valence-corrected chi connectivity index (χ2v) is 5.84. The van der Waals surface area contributed by atoms with E-state index >= 15 is 0 Å². The van der Waals surface area contributed by atoms with Crippen molar-refractivity contribution in [2.75, 3.05) is 33.3 Å². The average molecular weight is 402 g/mol. The minimum Gasteiger partial charge on any atom is -0.503 e. The van der Waals surface area contributed by atoms with E-state index in [1.165, 1.54) is 7.11 Å². The summed E-state index contributed by atoms with van der Waals surface area (Å²) in [4.78, 5) is 2.04. The molecule has 1 aromatic carbocycles. The molecule has 0 aromatic heterocycles. The number of hydrogen-bond acceptors (Lipinski definition) is 4. The predicted molar refractivity (Wildman–Crippen MR) is 87.4 cm³/mol. The Bertz CT molecular complexity index is 488. The van der Waals surface area contributed by atoms with Crippen molar-refractivity contribution in [3.05, 3.63) is 22.2 Å². The average Bonchev–Trinajstić information content (AvgIpc) is 2.48. The van der Waals surface area contributed by atoms with Gasteiger partial charge in [-0.15, -0.1) is 12.4 Å². The maximum Gasteiger partial charge on any atom is 0.240 e. The number of hydrogen-bond donors (Lipinski definition) is 2. The number of nitrogens with one attached hydrogen (secondary N) is 1. The Labute approximate surface area is 143 Å². The third-order valence-corrected chi connectivity index (χ3v) is 4.25. The lowest BCUT2D eigenvalue weighted by Gasteiger charge is -2.35. The summed E-state index contributed by atoms with van der Waals surface area (Å²) in [5.74, 6) is 0.270. The zero-order valence-electron chi connectivity index (χ0n) is 12.2. The Morgan fingerprint density at radius 3 is 2.55 bits per heavy atom. The summed E-state index contributed by atoms with van der Waals surface area (Å²) in [5, 5.41) is 13.1. The SMILES string of the molecule is COc1cc([C@@H](CC(F)F)N2CCNCC2)cc(Br)c1O.Cl. The van der Waals surface area contributed by atoms with Crippen molar-refractivity contribution in [3.8, 4) is 11.5 Å². The summed E-state index contributed by atoms with van der Waals surface area (Å²) in [6.45, 7) is 3.02. The van der Waals surface area contributed by atoms with Gasteiger partial charge in [-0.05, 0) is 33.6 Å². The molecule has 1 aromatic rings. The molecule has 2 rings (SSSR count). The van der Waals surface area contributed by atoms with Crippen molar-refractivity contribution in [2.24, 2.45) is 0 Å². The fourth-order valence-corrected chi connectivity index (χ4v) is 3.06. The van der Waals surface area contributed by atoms with Crippen LogP contribution in [0.15, 0.2) is 16.6 Å². The van der Waals surface area contributed by atoms with Crippen LogP contribution < -0.4 is 10.1 Å². The molecule has 2 N–H and O–H groups in total. The molecule has 126 valence electrons. The Morgan fingerprint density at radius 1 is 1.36 bits per heavy atom. The molecule has 1 aliphatic rings. The summed E-state index contributed by atoms with van der Waals surface area (Å²) >= 11 is 3.25. The first-order chi connectivity index (χ1) is 10.0. The molecule has 0 aliphatic carbocycles. The number of ether oxygens (including phenoxy) is 1.